The third-order valence-electron chi connectivity index (χ3n) is 0. The van der Waals surface area contributed by atoms with Crippen LogP contribution in [0.4, 0.5) is 5.91 Å². The molecule has 0 heterocycles. The summed E-state index contributed by atoms with van der Waals surface area (Å²) in [6.07, 6.45) is 0. The zero-order valence-electron chi connectivity index (χ0n) is 1.46. The van der Waals surface area contributed by atoms with Crippen LogP contribution in [0.1, 0.15) is 0 Å². The fraction of sp³-hybridized carbons (Fsp3) is 0. The Hall–Kier alpha value is 0.795. The normalized spacial score (nSPS) is 2.50. The summed E-state index contributed by atoms with van der Waals surface area (Å²) in [5.41, 5.74) is 0. The molecule has 0 fully saturated rings. The van der Waals surface area contributed by atoms with E-state index in [1.165, 1.54) is 0 Å². The molecule has 4 heteroatoms. The van der Waals surface area contributed by atoms with Gasteiger partial charge in [0.15, 0.2) is 0 Å². The van der Waals surface area contributed by atoms with E-state index in [0.717, 1.165) is 0 Å². The molecule has 0 spiro atoms. The molecule has 0 rings (SSSR count). The van der Waals surface area contributed by atoms with E-state index in [1.54, 1.807) is 0 Å². The van der Waals surface area contributed by atoms with Gasteiger partial charge < -0.3 is 5.91 Å². The molecule has 0 nitrogen and oxygen atoms in total. The molecule has 0 aliphatic rings. The van der Waals surface area contributed by atoms with Crippen LogP contribution in [0.2, 0.25) is 0 Å². The van der Waals surface area contributed by atoms with Crippen molar-refractivity contribution in [1.29, 1.82) is 0 Å². The minimum atomic E-state index is -2.58. The predicted octanol–water partition coefficient (Wildman–Crippen LogP) is -0.457. The zero-order valence-corrected chi connectivity index (χ0v) is 2.88. The average Bonchev–Trinajstić information content (AvgIpc) is 0.918. The topological polar surface area (TPSA) is 0 Å². The first-order chi connectivity index (χ1) is 1.41. The van der Waals surface area contributed by atoms with Gasteiger partial charge in [0.05, 0.1) is 0 Å². The summed E-state index contributed by atoms with van der Waals surface area (Å²) in [6.45, 7) is 0. The second kappa shape index (κ2) is 9.20. The maximum atomic E-state index is 9.76. The van der Waals surface area contributed by atoms with Crippen LogP contribution in [0.15, 0.2) is 0 Å². The van der Waals surface area contributed by atoms with Crippen LogP contribution in [0, 0.1) is 0 Å². The summed E-state index contributed by atoms with van der Waals surface area (Å²) < 4.78 is 19.5. The average molecular weight is 73.3 g/mol. The van der Waals surface area contributed by atoms with Crippen LogP contribution in [-0.2, 0) is 0 Å². The van der Waals surface area contributed by atoms with Gasteiger partial charge in [0.2, 0.25) is 0 Å². The van der Waals surface area contributed by atoms with Gasteiger partial charge >= 0.3 is 31.6 Å². The number of halogens is 2. The molecule has 0 aliphatic carbocycles. The maximum absolute atomic E-state index is 9.76. The van der Waals surface area contributed by atoms with E-state index >= 15 is 0 Å². The molecule has 0 atom stereocenters. The van der Waals surface area contributed by atoms with Crippen LogP contribution in [0.5, 0.6) is 0 Å². The van der Waals surface area contributed by atoms with Crippen molar-refractivity contribution in [3.05, 3.63) is 0 Å². The molecule has 0 saturated carbocycles. The van der Waals surface area contributed by atoms with Gasteiger partial charge in [-0.1, -0.05) is 0 Å². The van der Waals surface area contributed by atoms with Crippen molar-refractivity contribution >= 4 is 31.6 Å². The first-order valence-corrected chi connectivity index (χ1v) is 1.60. The number of hydrogen-bond donors (Lipinski definition) is 0. The third-order valence-corrected chi connectivity index (χ3v) is 0. The van der Waals surface area contributed by atoms with Gasteiger partial charge in [0.25, 0.3) is 0 Å². The Bertz CT molecular complexity index is 6.00. The summed E-state index contributed by atoms with van der Waals surface area (Å²) in [5, 5.41) is 0. The first-order valence-electron chi connectivity index (χ1n) is 0.535. The van der Waals surface area contributed by atoms with E-state index in [1.807, 2.05) is 0 Å². The number of rotatable bonds is 0. The molecule has 20 valence electrons. The van der Waals surface area contributed by atoms with Crippen molar-refractivity contribution in [3.8, 4) is 0 Å². The van der Waals surface area contributed by atoms with Crippen molar-refractivity contribution in [3.63, 3.8) is 0 Å². The van der Waals surface area contributed by atoms with E-state index in [0.29, 0.717) is 0 Å². The second-order valence-electron chi connectivity index (χ2n) is 0.101. The second-order valence-corrected chi connectivity index (χ2v) is 0.303. The van der Waals surface area contributed by atoms with E-state index in [2.05, 4.69) is 0 Å². The van der Waals surface area contributed by atoms with Crippen LogP contribution in [0.25, 0.3) is 0 Å². The minimum absolute atomic E-state index is 0. The van der Waals surface area contributed by atoms with Gasteiger partial charge in [-0.25, -0.2) is 0 Å². The van der Waals surface area contributed by atoms with Crippen molar-refractivity contribution in [2.45, 2.75) is 0 Å². The van der Waals surface area contributed by atoms with Crippen molar-refractivity contribution < 1.29 is 5.91 Å². The Kier molecular flexibility index (Phi) is 20.3. The van der Waals surface area contributed by atoms with Crippen molar-refractivity contribution in [1.82, 2.24) is 0 Å². The molecule has 4 heavy (non-hydrogen) atoms. The molecule has 0 radical (unpaired) electrons. The molecule has 0 aromatic carbocycles. The Morgan fingerprint density at radius 2 is 1.25 bits per heavy atom. The SMILES string of the molecule is [BeH2].[F][Mg][F]. The minimum Gasteiger partial charge on any atom is -0.440 e. The smallest absolute Gasteiger partial charge is 0.440 e. The zero-order chi connectivity index (χ0) is 2.71. The molecular formula is H2BeF2Mg. The van der Waals surface area contributed by atoms with Crippen molar-refractivity contribution in [2.75, 3.05) is 0 Å². The standard InChI is InChI=1S/Be.2FH.Mg.2H/h;2*1H;;;/q;;;+2;;/p-2. The van der Waals surface area contributed by atoms with E-state index in [9.17, 15) is 5.91 Å². The predicted molar refractivity (Wildman–Crippen MR) is 16.5 cm³/mol. The van der Waals surface area contributed by atoms with E-state index in [4.69, 9.17) is 0 Å². The van der Waals surface area contributed by atoms with E-state index < -0.39 is 21.5 Å². The summed E-state index contributed by atoms with van der Waals surface area (Å²) >= 11 is -2.58. The Morgan fingerprint density at radius 1 is 1.25 bits per heavy atom. The molecule has 0 aromatic rings. The van der Waals surface area contributed by atoms with Gasteiger partial charge in [-0.15, -0.1) is 0 Å². The fourth-order valence-corrected chi connectivity index (χ4v) is 0. The van der Waals surface area contributed by atoms with Crippen LogP contribution in [-0.4, -0.2) is 31.6 Å². The van der Waals surface area contributed by atoms with Gasteiger partial charge in [-0.3, -0.25) is 0 Å². The maximum Gasteiger partial charge on any atom is 0.879 e. The fourth-order valence-electron chi connectivity index (χ4n) is 0. The van der Waals surface area contributed by atoms with Crippen LogP contribution in [0.3, 0.4) is 0 Å². The quantitative estimate of drug-likeness (QED) is 0.341. The van der Waals surface area contributed by atoms with Gasteiger partial charge in [-0.2, -0.15) is 0 Å². The summed E-state index contributed by atoms with van der Waals surface area (Å²) in [5.74, 6) is 0. The molecule has 0 bridgehead atoms. The first kappa shape index (κ1) is 8.84. The summed E-state index contributed by atoms with van der Waals surface area (Å²) in [7, 11) is 0. The third kappa shape index (κ3) is 14.2. The monoisotopic (exact) mass is 73.0 g/mol. The number of hydrogen-bond acceptors (Lipinski definition) is 0. The Balaban J connectivity index is 0. The van der Waals surface area contributed by atoms with Crippen LogP contribution >= 0.6 is 0 Å². The molecule has 0 unspecified atom stereocenters. The largest absolute Gasteiger partial charge is 0.879 e. The molecule has 0 N–H and O–H groups in total. The van der Waals surface area contributed by atoms with Gasteiger partial charge in [0, 0.05) is 0 Å². The molecule has 0 saturated heterocycles. The Morgan fingerprint density at radius 3 is 1.25 bits per heavy atom. The van der Waals surface area contributed by atoms with Crippen molar-refractivity contribution in [2.24, 2.45) is 0 Å². The molecular weight excluding hydrogens is 71.3 g/mol. The summed E-state index contributed by atoms with van der Waals surface area (Å²) in [6, 6.07) is 0. The van der Waals surface area contributed by atoms with Gasteiger partial charge in [0.1, 0.15) is 0 Å². The molecule has 0 amide bonds. The Labute approximate surface area is 38.0 Å². The molecule has 0 aliphatic heterocycles. The van der Waals surface area contributed by atoms with E-state index in [-0.39, 0.29) is 10.1 Å². The van der Waals surface area contributed by atoms with Crippen LogP contribution < -0.4 is 0 Å². The summed E-state index contributed by atoms with van der Waals surface area (Å²) in [4.78, 5) is 0. The van der Waals surface area contributed by atoms with Gasteiger partial charge in [-0.05, 0) is 0 Å². The molecule has 0 aromatic heterocycles.